The summed E-state index contributed by atoms with van der Waals surface area (Å²) < 4.78 is 5.40. The summed E-state index contributed by atoms with van der Waals surface area (Å²) >= 11 is 1.58. The van der Waals surface area contributed by atoms with Crippen LogP contribution in [0.5, 0.6) is 0 Å². The van der Waals surface area contributed by atoms with Crippen LogP contribution in [0.15, 0.2) is 44.2 Å². The molecule has 6 nitrogen and oxygen atoms in total. The lowest BCUT2D eigenvalue weighted by Crippen LogP contribution is -2.09. The molecule has 0 bridgehead atoms. The summed E-state index contributed by atoms with van der Waals surface area (Å²) in [6.07, 6.45) is 0. The molecule has 3 heterocycles. The van der Waals surface area contributed by atoms with E-state index in [2.05, 4.69) is 15.4 Å². The average Bonchev–Trinajstić information content (AvgIpc) is 3.22. The standard InChI is InChI=1S/C17H14N4O2S/c1-10-3-4-14-13(7-15(22)23-16(14)11(10)2)8-21-19-17(18-20-21)12-5-6-24-9-12/h3-7,9H,8H2,1-2H3. The Kier molecular flexibility index (Phi) is 3.50. The van der Waals surface area contributed by atoms with Gasteiger partial charge in [-0.1, -0.05) is 12.1 Å². The lowest BCUT2D eigenvalue weighted by atomic mass is 10.0. The third-order valence-electron chi connectivity index (χ3n) is 4.06. The Bertz CT molecular complexity index is 1080. The molecule has 0 radical (unpaired) electrons. The number of tetrazole rings is 1. The third-order valence-corrected chi connectivity index (χ3v) is 4.74. The zero-order valence-corrected chi connectivity index (χ0v) is 14.0. The fourth-order valence-electron chi connectivity index (χ4n) is 2.63. The summed E-state index contributed by atoms with van der Waals surface area (Å²) in [6, 6.07) is 7.43. The van der Waals surface area contributed by atoms with Crippen molar-refractivity contribution in [2.45, 2.75) is 20.4 Å². The highest BCUT2D eigenvalue weighted by atomic mass is 32.1. The number of aromatic nitrogens is 4. The molecule has 0 fully saturated rings. The van der Waals surface area contributed by atoms with Crippen LogP contribution in [0.3, 0.4) is 0 Å². The molecule has 3 aromatic heterocycles. The second-order valence-corrected chi connectivity index (χ2v) is 6.41. The fourth-order valence-corrected chi connectivity index (χ4v) is 3.26. The van der Waals surface area contributed by atoms with Gasteiger partial charge in [0.25, 0.3) is 0 Å². The summed E-state index contributed by atoms with van der Waals surface area (Å²) in [5, 5.41) is 17.4. The normalized spacial score (nSPS) is 11.2. The lowest BCUT2D eigenvalue weighted by molar-refractivity contribution is 0.543. The first-order valence-electron chi connectivity index (χ1n) is 7.45. The van der Waals surface area contributed by atoms with Gasteiger partial charge >= 0.3 is 5.63 Å². The number of hydrogen-bond acceptors (Lipinski definition) is 6. The van der Waals surface area contributed by atoms with E-state index in [1.165, 1.54) is 10.9 Å². The van der Waals surface area contributed by atoms with Gasteiger partial charge in [-0.2, -0.15) is 16.1 Å². The molecular formula is C17H14N4O2S. The van der Waals surface area contributed by atoms with Crippen LogP contribution in [0.2, 0.25) is 0 Å². The van der Waals surface area contributed by atoms with Gasteiger partial charge in [-0.25, -0.2) is 4.79 Å². The van der Waals surface area contributed by atoms with Crippen LogP contribution in [0.1, 0.15) is 16.7 Å². The van der Waals surface area contributed by atoms with E-state index in [4.69, 9.17) is 4.42 Å². The quantitative estimate of drug-likeness (QED) is 0.536. The highest BCUT2D eigenvalue weighted by molar-refractivity contribution is 7.08. The van der Waals surface area contributed by atoms with Gasteiger partial charge in [0.1, 0.15) is 5.58 Å². The van der Waals surface area contributed by atoms with Gasteiger partial charge in [0.05, 0.1) is 6.54 Å². The predicted molar refractivity (Wildman–Crippen MR) is 92.2 cm³/mol. The van der Waals surface area contributed by atoms with Crippen molar-refractivity contribution in [1.29, 1.82) is 0 Å². The summed E-state index contributed by atoms with van der Waals surface area (Å²) in [6.45, 7) is 4.31. The van der Waals surface area contributed by atoms with E-state index < -0.39 is 0 Å². The molecule has 0 saturated heterocycles. The van der Waals surface area contributed by atoms with Crippen molar-refractivity contribution >= 4 is 22.3 Å². The van der Waals surface area contributed by atoms with Crippen molar-refractivity contribution in [3.63, 3.8) is 0 Å². The van der Waals surface area contributed by atoms with Crippen LogP contribution in [0, 0.1) is 13.8 Å². The highest BCUT2D eigenvalue weighted by Crippen LogP contribution is 2.24. The van der Waals surface area contributed by atoms with Crippen LogP contribution >= 0.6 is 11.3 Å². The predicted octanol–water partition coefficient (Wildman–Crippen LogP) is 3.17. The number of aryl methyl sites for hydroxylation is 2. The van der Waals surface area contributed by atoms with E-state index in [0.29, 0.717) is 18.0 Å². The molecule has 1 aromatic carbocycles. The Morgan fingerprint density at radius 3 is 2.92 bits per heavy atom. The Balaban J connectivity index is 1.77. The van der Waals surface area contributed by atoms with Gasteiger partial charge in [0, 0.05) is 22.4 Å². The van der Waals surface area contributed by atoms with Crippen LogP contribution < -0.4 is 5.63 Å². The lowest BCUT2D eigenvalue weighted by Gasteiger charge is -2.08. The maximum absolute atomic E-state index is 11.9. The largest absolute Gasteiger partial charge is 0.422 e. The van der Waals surface area contributed by atoms with E-state index in [9.17, 15) is 4.79 Å². The van der Waals surface area contributed by atoms with Crippen molar-refractivity contribution in [2.75, 3.05) is 0 Å². The average molecular weight is 338 g/mol. The number of hydrogen-bond donors (Lipinski definition) is 0. The van der Waals surface area contributed by atoms with E-state index >= 15 is 0 Å². The molecule has 0 aliphatic heterocycles. The number of rotatable bonds is 3. The summed E-state index contributed by atoms with van der Waals surface area (Å²) in [5.74, 6) is 0.579. The van der Waals surface area contributed by atoms with Gasteiger partial charge in [-0.3, -0.25) is 0 Å². The smallest absolute Gasteiger partial charge is 0.336 e. The maximum atomic E-state index is 11.9. The third kappa shape index (κ3) is 2.52. The Hall–Kier alpha value is -2.80. The van der Waals surface area contributed by atoms with Crippen LogP contribution in [-0.4, -0.2) is 20.2 Å². The highest BCUT2D eigenvalue weighted by Gasteiger charge is 2.12. The fraction of sp³-hybridized carbons (Fsp3) is 0.176. The minimum absolute atomic E-state index is 0.363. The topological polar surface area (TPSA) is 73.8 Å². The van der Waals surface area contributed by atoms with Gasteiger partial charge in [0.2, 0.25) is 5.82 Å². The van der Waals surface area contributed by atoms with Crippen molar-refractivity contribution < 1.29 is 4.42 Å². The molecule has 4 aromatic rings. The van der Waals surface area contributed by atoms with Crippen molar-refractivity contribution in [1.82, 2.24) is 20.2 Å². The van der Waals surface area contributed by atoms with Crippen molar-refractivity contribution in [3.8, 4) is 11.4 Å². The van der Waals surface area contributed by atoms with E-state index in [-0.39, 0.29) is 5.63 Å². The van der Waals surface area contributed by atoms with Crippen LogP contribution in [0.25, 0.3) is 22.4 Å². The molecule has 0 saturated carbocycles. The van der Waals surface area contributed by atoms with E-state index in [1.54, 1.807) is 11.3 Å². The first kappa shape index (κ1) is 14.8. The van der Waals surface area contributed by atoms with Crippen LogP contribution in [0.4, 0.5) is 0 Å². The molecule has 0 unspecified atom stereocenters. The molecule has 0 aliphatic carbocycles. The zero-order valence-electron chi connectivity index (χ0n) is 13.2. The van der Waals surface area contributed by atoms with E-state index in [0.717, 1.165) is 27.6 Å². The Labute approximate surface area is 141 Å². The summed E-state index contributed by atoms with van der Waals surface area (Å²) in [5.41, 5.74) is 4.06. The second kappa shape index (κ2) is 5.68. The molecule has 24 heavy (non-hydrogen) atoms. The second-order valence-electron chi connectivity index (χ2n) is 5.63. The Morgan fingerprint density at radius 2 is 2.12 bits per heavy atom. The zero-order chi connectivity index (χ0) is 16.7. The van der Waals surface area contributed by atoms with Crippen LogP contribution in [-0.2, 0) is 6.54 Å². The summed E-state index contributed by atoms with van der Waals surface area (Å²) in [4.78, 5) is 13.4. The molecule has 0 spiro atoms. The van der Waals surface area contributed by atoms with Crippen molar-refractivity contribution in [3.05, 3.63) is 62.1 Å². The number of nitrogens with zero attached hydrogens (tertiary/aromatic N) is 4. The molecule has 0 amide bonds. The minimum Gasteiger partial charge on any atom is -0.422 e. The first-order chi connectivity index (χ1) is 11.6. The molecule has 7 heteroatoms. The Morgan fingerprint density at radius 1 is 1.25 bits per heavy atom. The van der Waals surface area contributed by atoms with Gasteiger partial charge in [0.15, 0.2) is 0 Å². The van der Waals surface area contributed by atoms with Crippen molar-refractivity contribution in [2.24, 2.45) is 0 Å². The van der Waals surface area contributed by atoms with E-state index in [1.807, 2.05) is 42.8 Å². The minimum atomic E-state index is -0.371. The number of thiophene rings is 1. The van der Waals surface area contributed by atoms with Gasteiger partial charge in [-0.15, -0.1) is 10.2 Å². The maximum Gasteiger partial charge on any atom is 0.336 e. The SMILES string of the molecule is Cc1ccc2c(Cn3nnc(-c4ccsc4)n3)cc(=O)oc2c1C. The summed E-state index contributed by atoms with van der Waals surface area (Å²) in [7, 11) is 0. The molecule has 120 valence electrons. The molecule has 0 N–H and O–H groups in total. The van der Waals surface area contributed by atoms with Gasteiger partial charge in [-0.05, 0) is 47.2 Å². The van der Waals surface area contributed by atoms with Gasteiger partial charge < -0.3 is 4.42 Å². The molecule has 4 rings (SSSR count). The molecule has 0 aliphatic rings. The number of benzene rings is 1. The number of fused-ring (bicyclic) bond motifs is 1. The molecular weight excluding hydrogens is 324 g/mol. The molecule has 0 atom stereocenters. The monoisotopic (exact) mass is 338 g/mol. The first-order valence-corrected chi connectivity index (χ1v) is 8.39.